The summed E-state index contributed by atoms with van der Waals surface area (Å²) < 4.78 is 13.7. The minimum atomic E-state index is -0.979. The van der Waals surface area contributed by atoms with E-state index in [1.54, 1.807) is 0 Å². The van der Waals surface area contributed by atoms with Crippen molar-refractivity contribution in [3.8, 4) is 0 Å². The molecule has 0 unspecified atom stereocenters. The molecule has 1 aromatic carbocycles. The Hall–Kier alpha value is -1.43. The van der Waals surface area contributed by atoms with Gasteiger partial charge in [-0.05, 0) is 47.0 Å². The number of aliphatic carboxylic acids is 1. The second-order valence-corrected chi connectivity index (χ2v) is 5.49. The minimum Gasteiger partial charge on any atom is -0.481 e. The van der Waals surface area contributed by atoms with Crippen molar-refractivity contribution in [1.82, 2.24) is 5.32 Å². The fraction of sp³-hybridized carbons (Fsp3) is 0.429. The molecule has 0 atom stereocenters. The summed E-state index contributed by atoms with van der Waals surface area (Å²) in [6, 6.07) is 3.81. The van der Waals surface area contributed by atoms with Crippen molar-refractivity contribution in [2.45, 2.75) is 38.6 Å². The van der Waals surface area contributed by atoms with Crippen LogP contribution in [0, 0.1) is 5.82 Å². The van der Waals surface area contributed by atoms with Crippen LogP contribution in [0.25, 0.3) is 0 Å². The molecule has 1 rings (SSSR count). The van der Waals surface area contributed by atoms with Gasteiger partial charge in [0, 0.05) is 4.47 Å². The number of carbonyl (C=O) groups is 2. The molecule has 2 N–H and O–H groups in total. The summed E-state index contributed by atoms with van der Waals surface area (Å²) in [7, 11) is 0. The molecular formula is C14H17BrFNO3. The van der Waals surface area contributed by atoms with Gasteiger partial charge in [0.2, 0.25) is 0 Å². The average molecular weight is 346 g/mol. The molecule has 0 aromatic heterocycles. The zero-order chi connectivity index (χ0) is 15.3. The second kappa shape index (κ2) is 6.83. The lowest BCUT2D eigenvalue weighted by molar-refractivity contribution is -0.138. The van der Waals surface area contributed by atoms with E-state index in [2.05, 4.69) is 21.2 Å². The van der Waals surface area contributed by atoms with Crippen LogP contribution in [0.1, 0.15) is 43.5 Å². The second-order valence-electron chi connectivity index (χ2n) is 4.64. The molecule has 1 aromatic rings. The van der Waals surface area contributed by atoms with Crippen molar-refractivity contribution in [2.24, 2.45) is 0 Å². The number of hydrogen-bond acceptors (Lipinski definition) is 2. The number of hydrogen-bond donors (Lipinski definition) is 2. The summed E-state index contributed by atoms with van der Waals surface area (Å²) in [4.78, 5) is 23.2. The molecular weight excluding hydrogens is 329 g/mol. The summed E-state index contributed by atoms with van der Waals surface area (Å²) in [5, 5.41) is 11.7. The maximum absolute atomic E-state index is 13.2. The number of carboxylic acids is 1. The van der Waals surface area contributed by atoms with Crippen LogP contribution in [0.4, 0.5) is 4.39 Å². The van der Waals surface area contributed by atoms with Crippen LogP contribution in [0.2, 0.25) is 0 Å². The predicted octanol–water partition coefficient (Wildman–Crippen LogP) is 3.35. The molecule has 4 nitrogen and oxygen atoms in total. The van der Waals surface area contributed by atoms with E-state index in [-0.39, 0.29) is 12.0 Å². The Labute approximate surface area is 125 Å². The smallest absolute Gasteiger partial charge is 0.305 e. The Bertz CT molecular complexity index is 515. The number of halogens is 2. The first-order valence-corrected chi connectivity index (χ1v) is 7.12. The Morgan fingerprint density at radius 1 is 1.35 bits per heavy atom. The number of carboxylic acid groups (broad SMARTS) is 1. The third-order valence-electron chi connectivity index (χ3n) is 3.39. The fourth-order valence-electron chi connectivity index (χ4n) is 1.99. The number of rotatable bonds is 6. The van der Waals surface area contributed by atoms with E-state index in [0.717, 1.165) is 6.07 Å². The van der Waals surface area contributed by atoms with Crippen LogP contribution in [-0.2, 0) is 4.79 Å². The molecule has 0 aliphatic carbocycles. The van der Waals surface area contributed by atoms with Crippen LogP contribution < -0.4 is 5.32 Å². The molecule has 6 heteroatoms. The number of amides is 1. The van der Waals surface area contributed by atoms with E-state index in [0.29, 0.717) is 17.3 Å². The monoisotopic (exact) mass is 345 g/mol. The van der Waals surface area contributed by atoms with E-state index < -0.39 is 23.2 Å². The summed E-state index contributed by atoms with van der Waals surface area (Å²) in [5.41, 5.74) is -0.670. The lowest BCUT2D eigenvalue weighted by atomic mass is 9.88. The van der Waals surface area contributed by atoms with Crippen LogP contribution in [0.15, 0.2) is 22.7 Å². The Morgan fingerprint density at radius 2 is 1.95 bits per heavy atom. The highest BCUT2D eigenvalue weighted by molar-refractivity contribution is 9.10. The van der Waals surface area contributed by atoms with Gasteiger partial charge in [-0.15, -0.1) is 0 Å². The van der Waals surface area contributed by atoms with Gasteiger partial charge in [0.25, 0.3) is 5.91 Å². The highest BCUT2D eigenvalue weighted by Gasteiger charge is 2.31. The molecule has 0 aliphatic rings. The molecule has 0 fully saturated rings. The molecule has 0 radical (unpaired) electrons. The predicted molar refractivity (Wildman–Crippen MR) is 77.1 cm³/mol. The molecule has 0 aliphatic heterocycles. The van der Waals surface area contributed by atoms with Gasteiger partial charge in [-0.2, -0.15) is 0 Å². The van der Waals surface area contributed by atoms with Crippen molar-refractivity contribution >= 4 is 27.8 Å². The van der Waals surface area contributed by atoms with Crippen molar-refractivity contribution in [3.05, 3.63) is 34.1 Å². The standard InChI is InChI=1S/C14H17BrFNO3/c1-3-14(4-2,8-12(18)19)17-13(20)10-7-9(16)5-6-11(10)15/h5-7H,3-4,8H2,1-2H3,(H,17,20)(H,18,19). The highest BCUT2D eigenvalue weighted by Crippen LogP contribution is 2.23. The molecule has 0 spiro atoms. The fourth-order valence-corrected chi connectivity index (χ4v) is 2.42. The van der Waals surface area contributed by atoms with E-state index in [9.17, 15) is 14.0 Å². The van der Waals surface area contributed by atoms with Crippen LogP contribution in [0.3, 0.4) is 0 Å². The van der Waals surface area contributed by atoms with Gasteiger partial charge in [0.15, 0.2) is 0 Å². The first-order valence-electron chi connectivity index (χ1n) is 6.33. The third kappa shape index (κ3) is 4.03. The molecule has 0 saturated carbocycles. The topological polar surface area (TPSA) is 66.4 Å². The largest absolute Gasteiger partial charge is 0.481 e. The normalized spacial score (nSPS) is 11.2. The maximum Gasteiger partial charge on any atom is 0.305 e. The molecule has 0 bridgehead atoms. The molecule has 0 heterocycles. The Kier molecular flexibility index (Phi) is 5.68. The summed E-state index contributed by atoms with van der Waals surface area (Å²) in [5.74, 6) is -1.98. The zero-order valence-corrected chi connectivity index (χ0v) is 13.0. The van der Waals surface area contributed by atoms with Gasteiger partial charge in [0.05, 0.1) is 17.5 Å². The number of benzene rings is 1. The lowest BCUT2D eigenvalue weighted by Gasteiger charge is -2.31. The Balaban J connectivity index is 3.02. The first-order chi connectivity index (χ1) is 9.33. The summed E-state index contributed by atoms with van der Waals surface area (Å²) in [6.07, 6.45) is 0.793. The van der Waals surface area contributed by atoms with Gasteiger partial charge in [-0.3, -0.25) is 9.59 Å². The van der Waals surface area contributed by atoms with Crippen molar-refractivity contribution in [3.63, 3.8) is 0 Å². The lowest BCUT2D eigenvalue weighted by Crippen LogP contribution is -2.49. The van der Waals surface area contributed by atoms with E-state index >= 15 is 0 Å². The minimum absolute atomic E-state index is 0.154. The average Bonchev–Trinajstić information content (AvgIpc) is 2.40. The van der Waals surface area contributed by atoms with Crippen molar-refractivity contribution < 1.29 is 19.1 Å². The van der Waals surface area contributed by atoms with E-state index in [4.69, 9.17) is 5.11 Å². The molecule has 20 heavy (non-hydrogen) atoms. The van der Waals surface area contributed by atoms with Crippen molar-refractivity contribution in [1.29, 1.82) is 0 Å². The van der Waals surface area contributed by atoms with Gasteiger partial charge in [0.1, 0.15) is 5.82 Å². The first kappa shape index (κ1) is 16.6. The van der Waals surface area contributed by atoms with Gasteiger partial charge in [-0.1, -0.05) is 13.8 Å². The third-order valence-corrected chi connectivity index (χ3v) is 4.09. The molecule has 0 saturated heterocycles. The maximum atomic E-state index is 13.2. The summed E-state index contributed by atoms with van der Waals surface area (Å²) in [6.45, 7) is 3.63. The van der Waals surface area contributed by atoms with Gasteiger partial charge >= 0.3 is 5.97 Å². The summed E-state index contributed by atoms with van der Waals surface area (Å²) >= 11 is 3.19. The quantitative estimate of drug-likeness (QED) is 0.830. The van der Waals surface area contributed by atoms with Crippen LogP contribution in [-0.4, -0.2) is 22.5 Å². The number of nitrogens with one attached hydrogen (secondary N) is 1. The van der Waals surface area contributed by atoms with Crippen LogP contribution >= 0.6 is 15.9 Å². The highest BCUT2D eigenvalue weighted by atomic mass is 79.9. The zero-order valence-electron chi connectivity index (χ0n) is 11.4. The SMILES string of the molecule is CCC(CC)(CC(=O)O)NC(=O)c1cc(F)ccc1Br. The molecule has 110 valence electrons. The van der Waals surface area contributed by atoms with E-state index in [1.165, 1.54) is 12.1 Å². The van der Waals surface area contributed by atoms with Gasteiger partial charge in [-0.25, -0.2) is 4.39 Å². The van der Waals surface area contributed by atoms with E-state index in [1.807, 2.05) is 13.8 Å². The number of carbonyl (C=O) groups excluding carboxylic acids is 1. The van der Waals surface area contributed by atoms with Gasteiger partial charge < -0.3 is 10.4 Å². The van der Waals surface area contributed by atoms with Crippen molar-refractivity contribution in [2.75, 3.05) is 0 Å². The Morgan fingerprint density at radius 3 is 2.45 bits per heavy atom. The molecule has 1 amide bonds. The van der Waals surface area contributed by atoms with Crippen LogP contribution in [0.5, 0.6) is 0 Å².